The van der Waals surface area contributed by atoms with Crippen molar-refractivity contribution in [1.29, 1.82) is 0 Å². The van der Waals surface area contributed by atoms with Crippen LogP contribution in [0.1, 0.15) is 59.3 Å². The van der Waals surface area contributed by atoms with Gasteiger partial charge in [-0.1, -0.05) is 70.4 Å². The summed E-state index contributed by atoms with van der Waals surface area (Å²) in [6, 6.07) is 10.9. The summed E-state index contributed by atoms with van der Waals surface area (Å²) in [4.78, 5) is 11.7. The van der Waals surface area contributed by atoms with Crippen molar-refractivity contribution in [3.63, 3.8) is 0 Å². The van der Waals surface area contributed by atoms with E-state index in [0.717, 1.165) is 19.6 Å². The normalized spacial score (nSPS) is 11.8. The zero-order valence-electron chi connectivity index (χ0n) is 14.8. The van der Waals surface area contributed by atoms with E-state index in [0.29, 0.717) is 0 Å². The van der Waals surface area contributed by atoms with E-state index in [1.807, 2.05) is 0 Å². The second-order valence-corrected chi connectivity index (χ2v) is 9.10. The molecule has 22 heavy (non-hydrogen) atoms. The summed E-state index contributed by atoms with van der Waals surface area (Å²) in [6.45, 7) is 10.00. The van der Waals surface area contributed by atoms with Crippen LogP contribution in [0.5, 0.6) is 0 Å². The van der Waals surface area contributed by atoms with E-state index in [4.69, 9.17) is 0 Å². The van der Waals surface area contributed by atoms with Crippen molar-refractivity contribution in [1.82, 2.24) is 14.9 Å². The second-order valence-electron chi connectivity index (χ2n) is 5.96. The minimum atomic E-state index is -2.03. The first-order valence-electron chi connectivity index (χ1n) is 9.09. The van der Waals surface area contributed by atoms with Gasteiger partial charge in [0.05, 0.1) is 0 Å². The maximum Gasteiger partial charge on any atom is 0.315 e. The van der Waals surface area contributed by atoms with E-state index < -0.39 is 8.56 Å². The minimum Gasteiger partial charge on any atom is -0.310 e. The molecule has 0 spiro atoms. The van der Waals surface area contributed by atoms with Gasteiger partial charge in [0.15, 0.2) is 0 Å². The van der Waals surface area contributed by atoms with Crippen LogP contribution >= 0.6 is 0 Å². The average molecular weight is 322 g/mol. The molecule has 0 aromatic heterocycles. The van der Waals surface area contributed by atoms with Crippen LogP contribution in [0.3, 0.4) is 0 Å². The molecule has 1 rings (SSSR count). The topological polar surface area (TPSA) is 36.1 Å². The second kappa shape index (κ2) is 11.8. The van der Waals surface area contributed by atoms with Crippen molar-refractivity contribution >= 4 is 13.7 Å². The molecule has 3 N–H and O–H groups in total. The third-order valence-electron chi connectivity index (χ3n) is 3.97. The molecule has 0 bridgehead atoms. The first-order chi connectivity index (χ1) is 10.8. The first-order valence-corrected chi connectivity index (χ1v) is 11.1. The number of rotatable bonds is 13. The van der Waals surface area contributed by atoms with Crippen molar-refractivity contribution in [2.75, 3.05) is 19.6 Å². The molecule has 0 fully saturated rings. The van der Waals surface area contributed by atoms with E-state index in [1.165, 1.54) is 43.7 Å². The Kier molecular flexibility index (Phi) is 10.4. The fourth-order valence-electron chi connectivity index (χ4n) is 2.54. The van der Waals surface area contributed by atoms with Crippen molar-refractivity contribution in [3.05, 3.63) is 30.3 Å². The summed E-state index contributed by atoms with van der Waals surface area (Å²) in [6.07, 6.45) is 7.38. The highest BCUT2D eigenvalue weighted by atomic mass is 28.4. The number of unbranched alkanes of at least 4 members (excludes halogenated alkanes) is 3. The summed E-state index contributed by atoms with van der Waals surface area (Å²) in [7, 11) is -2.03. The quantitative estimate of drug-likeness (QED) is 0.386. The third-order valence-corrected chi connectivity index (χ3v) is 7.51. The number of hydrogen-bond donors (Lipinski definition) is 3. The van der Waals surface area contributed by atoms with E-state index in [1.54, 1.807) is 0 Å². The zero-order valence-corrected chi connectivity index (χ0v) is 15.8. The van der Waals surface area contributed by atoms with Gasteiger partial charge in [-0.2, -0.15) is 0 Å². The smallest absolute Gasteiger partial charge is 0.310 e. The Morgan fingerprint density at radius 3 is 1.45 bits per heavy atom. The van der Waals surface area contributed by atoms with Crippen LogP contribution in [0.4, 0.5) is 0 Å². The van der Waals surface area contributed by atoms with Crippen molar-refractivity contribution in [2.45, 2.75) is 59.3 Å². The molecule has 0 aliphatic heterocycles. The SMILES string of the molecule is CCCCN[Si](NCCCC)(NCCCC)c1ccccc1. The summed E-state index contributed by atoms with van der Waals surface area (Å²) in [5, 5.41) is 1.42. The molecule has 1 aromatic carbocycles. The highest BCUT2D eigenvalue weighted by molar-refractivity contribution is 6.85. The predicted octanol–water partition coefficient (Wildman–Crippen LogP) is 3.00. The summed E-state index contributed by atoms with van der Waals surface area (Å²) in [5.41, 5.74) is 0. The predicted molar refractivity (Wildman–Crippen MR) is 101 cm³/mol. The molecule has 126 valence electrons. The van der Waals surface area contributed by atoms with Crippen LogP contribution in [0.25, 0.3) is 0 Å². The molecule has 0 atom stereocenters. The third kappa shape index (κ3) is 6.61. The fourth-order valence-corrected chi connectivity index (χ4v) is 5.87. The molecule has 0 aliphatic carbocycles. The molecule has 0 radical (unpaired) electrons. The highest BCUT2D eigenvalue weighted by Gasteiger charge is 2.35. The van der Waals surface area contributed by atoms with Gasteiger partial charge < -0.3 is 14.9 Å². The van der Waals surface area contributed by atoms with Gasteiger partial charge in [-0.25, -0.2) is 0 Å². The van der Waals surface area contributed by atoms with E-state index >= 15 is 0 Å². The molecule has 0 saturated carbocycles. The maximum absolute atomic E-state index is 3.88. The molecule has 1 aromatic rings. The lowest BCUT2D eigenvalue weighted by atomic mass is 10.3. The Morgan fingerprint density at radius 2 is 1.09 bits per heavy atom. The van der Waals surface area contributed by atoms with Crippen LogP contribution in [-0.4, -0.2) is 28.2 Å². The molecule has 0 amide bonds. The van der Waals surface area contributed by atoms with Gasteiger partial charge >= 0.3 is 8.56 Å². The summed E-state index contributed by atoms with van der Waals surface area (Å²) < 4.78 is 0. The molecular formula is C18H35N3Si. The summed E-state index contributed by atoms with van der Waals surface area (Å²) >= 11 is 0. The fraction of sp³-hybridized carbons (Fsp3) is 0.667. The van der Waals surface area contributed by atoms with Crippen LogP contribution in [0.2, 0.25) is 0 Å². The Bertz CT molecular complexity index is 343. The number of benzene rings is 1. The average Bonchev–Trinajstić information content (AvgIpc) is 2.56. The molecular weight excluding hydrogens is 286 g/mol. The van der Waals surface area contributed by atoms with Crippen molar-refractivity contribution in [3.8, 4) is 0 Å². The summed E-state index contributed by atoms with van der Waals surface area (Å²) in [5.74, 6) is 0. The molecule has 0 saturated heterocycles. The molecule has 3 nitrogen and oxygen atoms in total. The van der Waals surface area contributed by atoms with Crippen LogP contribution in [-0.2, 0) is 0 Å². The first kappa shape index (κ1) is 19.4. The zero-order chi connectivity index (χ0) is 16.1. The number of hydrogen-bond acceptors (Lipinski definition) is 3. The van der Waals surface area contributed by atoms with Crippen LogP contribution in [0, 0.1) is 0 Å². The lowest BCUT2D eigenvalue weighted by Crippen LogP contribution is -2.79. The van der Waals surface area contributed by atoms with E-state index in [9.17, 15) is 0 Å². The van der Waals surface area contributed by atoms with Crippen LogP contribution in [0.15, 0.2) is 30.3 Å². The van der Waals surface area contributed by atoms with E-state index in [-0.39, 0.29) is 0 Å². The molecule has 0 aliphatic rings. The Hall–Kier alpha value is -0.683. The minimum absolute atomic E-state index is 1.08. The van der Waals surface area contributed by atoms with Gasteiger partial charge in [0.25, 0.3) is 0 Å². The lowest BCUT2D eigenvalue weighted by Gasteiger charge is -2.34. The molecule has 0 heterocycles. The van der Waals surface area contributed by atoms with Gasteiger partial charge in [-0.3, -0.25) is 0 Å². The Balaban J connectivity index is 2.88. The number of nitrogens with one attached hydrogen (secondary N) is 3. The van der Waals surface area contributed by atoms with Gasteiger partial charge in [-0.05, 0) is 44.1 Å². The van der Waals surface area contributed by atoms with Crippen molar-refractivity contribution < 1.29 is 0 Å². The Morgan fingerprint density at radius 1 is 0.682 bits per heavy atom. The van der Waals surface area contributed by atoms with Gasteiger partial charge in [0.2, 0.25) is 0 Å². The lowest BCUT2D eigenvalue weighted by molar-refractivity contribution is 0.667. The van der Waals surface area contributed by atoms with Crippen molar-refractivity contribution in [2.24, 2.45) is 0 Å². The van der Waals surface area contributed by atoms with Gasteiger partial charge in [0, 0.05) is 0 Å². The largest absolute Gasteiger partial charge is 0.315 e. The molecule has 4 heteroatoms. The van der Waals surface area contributed by atoms with Crippen LogP contribution < -0.4 is 20.1 Å². The Labute approximate surface area is 138 Å². The monoisotopic (exact) mass is 321 g/mol. The molecule has 0 unspecified atom stereocenters. The van der Waals surface area contributed by atoms with Gasteiger partial charge in [-0.15, -0.1) is 0 Å². The van der Waals surface area contributed by atoms with Gasteiger partial charge in [0.1, 0.15) is 0 Å². The highest BCUT2D eigenvalue weighted by Crippen LogP contribution is 1.98. The maximum atomic E-state index is 3.88. The standard InChI is InChI=1S/C18H35N3Si/c1-4-7-15-19-22(20-16-8-5-2,21-17-9-6-3)18-13-11-10-12-14-18/h10-14,19-21H,4-9,15-17H2,1-3H3. The van der Waals surface area contributed by atoms with E-state index in [2.05, 4.69) is 66.1 Å².